The smallest absolute Gasteiger partial charge is 0.299 e. The Kier molecular flexibility index (Phi) is 4.71. The number of piperidine rings is 1. The molecular formula is C17H16BrF2N5O. The van der Waals surface area contributed by atoms with Crippen LogP contribution in [0.1, 0.15) is 25.1 Å². The van der Waals surface area contributed by atoms with Gasteiger partial charge < -0.3 is 9.64 Å². The summed E-state index contributed by atoms with van der Waals surface area (Å²) >= 11 is 3.44. The lowest BCUT2D eigenvalue weighted by molar-refractivity contribution is 0.137. The molecule has 1 aromatic carbocycles. The van der Waals surface area contributed by atoms with Crippen LogP contribution < -0.4 is 9.64 Å². The minimum absolute atomic E-state index is 0.121. The molecule has 9 heteroatoms. The molecule has 136 valence electrons. The van der Waals surface area contributed by atoms with E-state index in [2.05, 4.69) is 36.1 Å². The summed E-state index contributed by atoms with van der Waals surface area (Å²) in [5.74, 6) is 1.04. The Morgan fingerprint density at radius 1 is 1.12 bits per heavy atom. The van der Waals surface area contributed by atoms with Crippen molar-refractivity contribution in [3.05, 3.63) is 46.7 Å². The van der Waals surface area contributed by atoms with Crippen molar-refractivity contribution in [3.63, 3.8) is 0 Å². The molecule has 3 heterocycles. The zero-order chi connectivity index (χ0) is 18.1. The third kappa shape index (κ3) is 3.48. The Morgan fingerprint density at radius 3 is 2.65 bits per heavy atom. The Balaban J connectivity index is 1.44. The van der Waals surface area contributed by atoms with E-state index in [0.29, 0.717) is 11.5 Å². The Labute approximate surface area is 156 Å². The van der Waals surface area contributed by atoms with Gasteiger partial charge in [-0.25, -0.2) is 8.78 Å². The van der Waals surface area contributed by atoms with Crippen molar-refractivity contribution in [2.45, 2.75) is 25.4 Å². The highest BCUT2D eigenvalue weighted by molar-refractivity contribution is 9.10. The van der Waals surface area contributed by atoms with E-state index in [1.165, 1.54) is 0 Å². The number of fused-ring (bicyclic) bond motifs is 1. The maximum absolute atomic E-state index is 13.0. The largest absolute Gasteiger partial charge is 0.490 e. The molecule has 0 aliphatic carbocycles. The molecular weight excluding hydrogens is 408 g/mol. The summed E-state index contributed by atoms with van der Waals surface area (Å²) in [5, 5.41) is 11.5. The van der Waals surface area contributed by atoms with Crippen LogP contribution in [0.3, 0.4) is 0 Å². The highest BCUT2D eigenvalue weighted by Gasteiger charge is 2.23. The molecule has 1 aliphatic rings. The number of halogens is 3. The molecule has 0 atom stereocenters. The standard InChI is InChI=1S/C17H16BrF2N5O/c18-11-2-1-3-13(10-11)26-12-6-8-24(9-7-12)15-5-4-14-21-22-17(16(19)20)25(14)23-15/h1-5,10,12,16H,6-9H2. The van der Waals surface area contributed by atoms with Crippen LogP contribution >= 0.6 is 15.9 Å². The van der Waals surface area contributed by atoms with Gasteiger partial charge in [-0.15, -0.1) is 15.3 Å². The highest BCUT2D eigenvalue weighted by Crippen LogP contribution is 2.25. The van der Waals surface area contributed by atoms with E-state index in [0.717, 1.165) is 40.7 Å². The number of hydrogen-bond acceptors (Lipinski definition) is 5. The van der Waals surface area contributed by atoms with Crippen LogP contribution in [0.25, 0.3) is 5.65 Å². The first-order chi connectivity index (χ1) is 12.6. The summed E-state index contributed by atoms with van der Waals surface area (Å²) in [7, 11) is 0. The lowest BCUT2D eigenvalue weighted by Crippen LogP contribution is -2.38. The first kappa shape index (κ1) is 17.1. The molecule has 26 heavy (non-hydrogen) atoms. The number of ether oxygens (including phenoxy) is 1. The van der Waals surface area contributed by atoms with Crippen LogP contribution in [0.5, 0.6) is 5.75 Å². The predicted octanol–water partition coefficient (Wildman–Crippen LogP) is 3.87. The fourth-order valence-corrected chi connectivity index (χ4v) is 3.41. The van der Waals surface area contributed by atoms with Crippen molar-refractivity contribution in [1.29, 1.82) is 0 Å². The van der Waals surface area contributed by atoms with Gasteiger partial charge in [-0.1, -0.05) is 22.0 Å². The zero-order valence-electron chi connectivity index (χ0n) is 13.7. The van der Waals surface area contributed by atoms with Gasteiger partial charge in [0, 0.05) is 30.4 Å². The molecule has 0 spiro atoms. The maximum atomic E-state index is 13.0. The molecule has 6 nitrogen and oxygen atoms in total. The third-order valence-electron chi connectivity index (χ3n) is 4.33. The molecule has 1 saturated heterocycles. The van der Waals surface area contributed by atoms with Gasteiger partial charge in [0.25, 0.3) is 6.43 Å². The van der Waals surface area contributed by atoms with Gasteiger partial charge in [-0.2, -0.15) is 4.52 Å². The SMILES string of the molecule is FC(F)c1nnc2ccc(N3CCC(Oc4cccc(Br)c4)CC3)nn12. The van der Waals surface area contributed by atoms with E-state index < -0.39 is 12.2 Å². The van der Waals surface area contributed by atoms with Crippen molar-refractivity contribution >= 4 is 27.4 Å². The second-order valence-electron chi connectivity index (χ2n) is 6.08. The first-order valence-corrected chi connectivity index (χ1v) is 9.07. The molecule has 0 radical (unpaired) electrons. The molecule has 0 saturated carbocycles. The van der Waals surface area contributed by atoms with Crippen LogP contribution in [-0.2, 0) is 0 Å². The van der Waals surface area contributed by atoms with Gasteiger partial charge in [0.15, 0.2) is 5.65 Å². The number of anilines is 1. The summed E-state index contributed by atoms with van der Waals surface area (Å²) in [5.41, 5.74) is 0.317. The van der Waals surface area contributed by atoms with Gasteiger partial charge in [0.1, 0.15) is 17.7 Å². The topological polar surface area (TPSA) is 55.5 Å². The van der Waals surface area contributed by atoms with Gasteiger partial charge >= 0.3 is 0 Å². The molecule has 0 bridgehead atoms. The molecule has 3 aromatic rings. The summed E-state index contributed by atoms with van der Waals surface area (Å²) in [4.78, 5) is 2.06. The summed E-state index contributed by atoms with van der Waals surface area (Å²) in [6, 6.07) is 11.2. The number of aromatic nitrogens is 4. The summed E-state index contributed by atoms with van der Waals surface area (Å²) in [6.45, 7) is 1.48. The minimum atomic E-state index is -2.71. The fraction of sp³-hybridized carbons (Fsp3) is 0.353. The van der Waals surface area contributed by atoms with Crippen LogP contribution in [0.15, 0.2) is 40.9 Å². The van der Waals surface area contributed by atoms with Crippen LogP contribution in [0, 0.1) is 0 Å². The number of benzene rings is 1. The van der Waals surface area contributed by atoms with Crippen molar-refractivity contribution in [2.24, 2.45) is 0 Å². The lowest BCUT2D eigenvalue weighted by Gasteiger charge is -2.32. The molecule has 0 unspecified atom stereocenters. The van der Waals surface area contributed by atoms with Crippen LogP contribution in [0.2, 0.25) is 0 Å². The molecule has 0 amide bonds. The van der Waals surface area contributed by atoms with E-state index in [4.69, 9.17) is 4.74 Å². The average molecular weight is 424 g/mol. The van der Waals surface area contributed by atoms with Gasteiger partial charge in [-0.05, 0) is 30.3 Å². The molecule has 1 aliphatic heterocycles. The van der Waals surface area contributed by atoms with Gasteiger partial charge in [0.05, 0.1) is 0 Å². The number of hydrogen-bond donors (Lipinski definition) is 0. The number of alkyl halides is 2. The Hall–Kier alpha value is -2.29. The number of nitrogens with zero attached hydrogens (tertiary/aromatic N) is 5. The molecule has 1 fully saturated rings. The predicted molar refractivity (Wildman–Crippen MR) is 95.7 cm³/mol. The van der Waals surface area contributed by atoms with E-state index in [1.807, 2.05) is 24.3 Å². The lowest BCUT2D eigenvalue weighted by atomic mass is 10.1. The van der Waals surface area contributed by atoms with E-state index in [-0.39, 0.29) is 6.10 Å². The molecule has 4 rings (SSSR count). The van der Waals surface area contributed by atoms with Crippen molar-refractivity contribution < 1.29 is 13.5 Å². The first-order valence-electron chi connectivity index (χ1n) is 8.28. The van der Waals surface area contributed by atoms with Crippen LogP contribution in [0.4, 0.5) is 14.6 Å². The zero-order valence-corrected chi connectivity index (χ0v) is 15.3. The second kappa shape index (κ2) is 7.14. The summed E-state index contributed by atoms with van der Waals surface area (Å²) in [6.07, 6.45) is -0.931. The second-order valence-corrected chi connectivity index (χ2v) is 7.00. The fourth-order valence-electron chi connectivity index (χ4n) is 3.04. The normalized spacial score (nSPS) is 15.8. The van der Waals surface area contributed by atoms with Crippen molar-refractivity contribution in [3.8, 4) is 5.75 Å². The van der Waals surface area contributed by atoms with Crippen molar-refractivity contribution in [2.75, 3.05) is 18.0 Å². The Bertz CT molecular complexity index is 911. The molecule has 0 N–H and O–H groups in total. The van der Waals surface area contributed by atoms with E-state index in [9.17, 15) is 8.78 Å². The van der Waals surface area contributed by atoms with Crippen molar-refractivity contribution in [1.82, 2.24) is 19.8 Å². The number of rotatable bonds is 4. The highest BCUT2D eigenvalue weighted by atomic mass is 79.9. The maximum Gasteiger partial charge on any atom is 0.299 e. The third-order valence-corrected chi connectivity index (χ3v) is 4.83. The Morgan fingerprint density at radius 2 is 1.92 bits per heavy atom. The van der Waals surface area contributed by atoms with Crippen LogP contribution in [-0.4, -0.2) is 39.0 Å². The monoisotopic (exact) mass is 423 g/mol. The quantitative estimate of drug-likeness (QED) is 0.637. The summed E-state index contributed by atoms with van der Waals surface area (Å²) < 4.78 is 34.1. The average Bonchev–Trinajstić information content (AvgIpc) is 3.06. The minimum Gasteiger partial charge on any atom is -0.490 e. The molecule has 2 aromatic heterocycles. The van der Waals surface area contributed by atoms with Gasteiger partial charge in [-0.3, -0.25) is 0 Å². The van der Waals surface area contributed by atoms with E-state index in [1.54, 1.807) is 12.1 Å². The van der Waals surface area contributed by atoms with E-state index >= 15 is 0 Å². The van der Waals surface area contributed by atoms with Gasteiger partial charge in [0.2, 0.25) is 5.82 Å².